The van der Waals surface area contributed by atoms with E-state index in [1.807, 2.05) is 4.90 Å². The Labute approximate surface area is 131 Å². The normalized spacial score (nSPS) is 23.5. The zero-order chi connectivity index (χ0) is 15.6. The van der Waals surface area contributed by atoms with E-state index in [2.05, 4.69) is 48.0 Å². The Bertz CT molecular complexity index is 492. The summed E-state index contributed by atoms with van der Waals surface area (Å²) >= 11 is 6.03. The number of aromatic nitrogens is 3. The average molecular weight is 314 g/mol. The summed E-state index contributed by atoms with van der Waals surface area (Å²) in [5.41, 5.74) is 0.0449. The molecule has 0 aromatic carbocycles. The molecule has 0 bridgehead atoms. The molecule has 1 aromatic heterocycles. The Morgan fingerprint density at radius 2 is 1.95 bits per heavy atom. The Balaban J connectivity index is 2.14. The van der Waals surface area contributed by atoms with Crippen LogP contribution in [-0.2, 0) is 4.74 Å². The van der Waals surface area contributed by atoms with Gasteiger partial charge in [0, 0.05) is 31.7 Å². The van der Waals surface area contributed by atoms with Gasteiger partial charge in [-0.05, 0) is 31.9 Å². The SMILES string of the molecule is CCN(CC)c1nc(Cl)nc(NC2CC(OC)C2(C)C)n1. The van der Waals surface area contributed by atoms with E-state index in [0.29, 0.717) is 11.9 Å². The van der Waals surface area contributed by atoms with Crippen molar-refractivity contribution in [3.05, 3.63) is 5.28 Å². The first-order valence-electron chi connectivity index (χ1n) is 7.38. The molecule has 7 heteroatoms. The lowest BCUT2D eigenvalue weighted by Gasteiger charge is -2.51. The molecule has 1 aliphatic rings. The van der Waals surface area contributed by atoms with Crippen molar-refractivity contribution in [3.63, 3.8) is 0 Å². The number of ether oxygens (including phenoxy) is 1. The number of hydrogen-bond acceptors (Lipinski definition) is 6. The van der Waals surface area contributed by atoms with Gasteiger partial charge in [0.15, 0.2) is 0 Å². The van der Waals surface area contributed by atoms with Crippen molar-refractivity contribution in [1.29, 1.82) is 0 Å². The van der Waals surface area contributed by atoms with E-state index in [0.717, 1.165) is 19.5 Å². The van der Waals surface area contributed by atoms with Crippen molar-refractivity contribution in [2.24, 2.45) is 5.41 Å². The fraction of sp³-hybridized carbons (Fsp3) is 0.786. The first kappa shape index (κ1) is 16.2. The largest absolute Gasteiger partial charge is 0.381 e. The maximum Gasteiger partial charge on any atom is 0.231 e. The van der Waals surface area contributed by atoms with Gasteiger partial charge < -0.3 is 15.0 Å². The van der Waals surface area contributed by atoms with Gasteiger partial charge in [-0.3, -0.25) is 0 Å². The summed E-state index contributed by atoms with van der Waals surface area (Å²) in [6.07, 6.45) is 1.20. The lowest BCUT2D eigenvalue weighted by Crippen LogP contribution is -2.57. The van der Waals surface area contributed by atoms with Gasteiger partial charge >= 0.3 is 0 Å². The van der Waals surface area contributed by atoms with Crippen molar-refractivity contribution < 1.29 is 4.74 Å². The van der Waals surface area contributed by atoms with Gasteiger partial charge in [-0.25, -0.2) is 0 Å². The van der Waals surface area contributed by atoms with Crippen LogP contribution in [0.25, 0.3) is 0 Å². The fourth-order valence-electron chi connectivity index (χ4n) is 2.74. The molecule has 0 saturated heterocycles. The number of nitrogens with one attached hydrogen (secondary N) is 1. The fourth-order valence-corrected chi connectivity index (χ4v) is 2.89. The molecule has 1 fully saturated rings. The van der Waals surface area contributed by atoms with Crippen LogP contribution in [0.2, 0.25) is 5.28 Å². The molecule has 21 heavy (non-hydrogen) atoms. The van der Waals surface area contributed by atoms with E-state index < -0.39 is 0 Å². The van der Waals surface area contributed by atoms with Crippen LogP contribution in [0.1, 0.15) is 34.1 Å². The van der Waals surface area contributed by atoms with E-state index in [-0.39, 0.29) is 22.8 Å². The van der Waals surface area contributed by atoms with Crippen LogP contribution in [0.5, 0.6) is 0 Å². The van der Waals surface area contributed by atoms with Crippen LogP contribution in [0.15, 0.2) is 0 Å². The van der Waals surface area contributed by atoms with Gasteiger partial charge in [0.2, 0.25) is 17.2 Å². The Kier molecular flexibility index (Phi) is 4.88. The third-order valence-corrected chi connectivity index (χ3v) is 4.58. The molecule has 118 valence electrons. The summed E-state index contributed by atoms with van der Waals surface area (Å²) in [6.45, 7) is 10.1. The van der Waals surface area contributed by atoms with Crippen LogP contribution in [-0.4, -0.2) is 47.3 Å². The predicted octanol–water partition coefficient (Wildman–Crippen LogP) is 2.60. The Morgan fingerprint density at radius 1 is 1.29 bits per heavy atom. The Hall–Kier alpha value is -1.14. The van der Waals surface area contributed by atoms with E-state index in [9.17, 15) is 0 Å². The zero-order valence-corrected chi connectivity index (χ0v) is 14.1. The van der Waals surface area contributed by atoms with Gasteiger partial charge in [-0.1, -0.05) is 13.8 Å². The lowest BCUT2D eigenvalue weighted by atomic mass is 9.64. The molecular formula is C14H24ClN5O. The van der Waals surface area contributed by atoms with Crippen LogP contribution < -0.4 is 10.2 Å². The molecule has 1 heterocycles. The van der Waals surface area contributed by atoms with Gasteiger partial charge in [0.05, 0.1) is 6.10 Å². The second-order valence-electron chi connectivity index (χ2n) is 5.88. The van der Waals surface area contributed by atoms with Crippen molar-refractivity contribution in [1.82, 2.24) is 15.0 Å². The third-order valence-electron chi connectivity index (χ3n) is 4.41. The third kappa shape index (κ3) is 3.21. The van der Waals surface area contributed by atoms with Gasteiger partial charge in [-0.2, -0.15) is 15.0 Å². The molecule has 1 N–H and O–H groups in total. The van der Waals surface area contributed by atoms with E-state index in [4.69, 9.17) is 16.3 Å². The number of rotatable bonds is 6. The highest BCUT2D eigenvalue weighted by atomic mass is 35.5. The molecule has 1 aliphatic carbocycles. The minimum atomic E-state index is 0.0449. The number of halogens is 1. The first-order valence-corrected chi connectivity index (χ1v) is 7.76. The molecule has 6 nitrogen and oxygen atoms in total. The minimum absolute atomic E-state index is 0.0449. The predicted molar refractivity (Wildman–Crippen MR) is 85.0 cm³/mol. The second-order valence-corrected chi connectivity index (χ2v) is 6.22. The van der Waals surface area contributed by atoms with E-state index in [1.165, 1.54) is 0 Å². The minimum Gasteiger partial charge on any atom is -0.381 e. The monoisotopic (exact) mass is 313 g/mol. The molecule has 2 atom stereocenters. The first-order chi connectivity index (χ1) is 9.92. The maximum absolute atomic E-state index is 6.03. The number of hydrogen-bond donors (Lipinski definition) is 1. The van der Waals surface area contributed by atoms with Crippen molar-refractivity contribution in [2.45, 2.75) is 46.3 Å². The second kappa shape index (κ2) is 6.32. The van der Waals surface area contributed by atoms with E-state index >= 15 is 0 Å². The number of methoxy groups -OCH3 is 1. The summed E-state index contributed by atoms with van der Waals surface area (Å²) in [6, 6.07) is 0.269. The summed E-state index contributed by atoms with van der Waals surface area (Å²) in [4.78, 5) is 14.9. The topological polar surface area (TPSA) is 63.2 Å². The Morgan fingerprint density at radius 3 is 2.48 bits per heavy atom. The van der Waals surface area contributed by atoms with Crippen LogP contribution in [0.4, 0.5) is 11.9 Å². The van der Waals surface area contributed by atoms with Gasteiger partial charge in [0.1, 0.15) is 0 Å². The van der Waals surface area contributed by atoms with Gasteiger partial charge in [0.25, 0.3) is 0 Å². The number of nitrogens with zero attached hydrogens (tertiary/aromatic N) is 4. The quantitative estimate of drug-likeness (QED) is 0.871. The van der Waals surface area contributed by atoms with Crippen molar-refractivity contribution >= 4 is 23.5 Å². The smallest absolute Gasteiger partial charge is 0.231 e. The lowest BCUT2D eigenvalue weighted by molar-refractivity contribution is -0.0796. The summed E-state index contributed by atoms with van der Waals surface area (Å²) in [7, 11) is 1.75. The highest BCUT2D eigenvalue weighted by molar-refractivity contribution is 6.28. The van der Waals surface area contributed by atoms with Crippen LogP contribution >= 0.6 is 11.6 Å². The van der Waals surface area contributed by atoms with Gasteiger partial charge in [-0.15, -0.1) is 0 Å². The molecule has 2 rings (SSSR count). The molecule has 1 aromatic rings. The highest BCUT2D eigenvalue weighted by Crippen LogP contribution is 2.43. The molecule has 0 aliphatic heterocycles. The number of anilines is 2. The van der Waals surface area contributed by atoms with E-state index in [1.54, 1.807) is 7.11 Å². The zero-order valence-electron chi connectivity index (χ0n) is 13.4. The summed E-state index contributed by atoms with van der Waals surface area (Å²) in [5.74, 6) is 1.15. The molecule has 0 amide bonds. The summed E-state index contributed by atoms with van der Waals surface area (Å²) < 4.78 is 5.46. The molecule has 0 radical (unpaired) electrons. The molecule has 0 spiro atoms. The molecular weight excluding hydrogens is 290 g/mol. The van der Waals surface area contributed by atoms with Crippen molar-refractivity contribution in [2.75, 3.05) is 30.4 Å². The summed E-state index contributed by atoms with van der Waals surface area (Å²) in [5, 5.41) is 3.58. The van der Waals surface area contributed by atoms with Crippen molar-refractivity contribution in [3.8, 4) is 0 Å². The molecule has 2 unspecified atom stereocenters. The van der Waals surface area contributed by atoms with Crippen LogP contribution in [0, 0.1) is 5.41 Å². The van der Waals surface area contributed by atoms with Crippen LogP contribution in [0.3, 0.4) is 0 Å². The maximum atomic E-state index is 6.03. The molecule has 1 saturated carbocycles. The highest BCUT2D eigenvalue weighted by Gasteiger charge is 2.48. The average Bonchev–Trinajstić information content (AvgIpc) is 2.44. The standard InChI is InChI=1S/C14H24ClN5O/c1-6-20(7-2)13-18-11(15)17-12(19-13)16-9-8-10(21-5)14(9,3)4/h9-10H,6-8H2,1-5H3,(H,16,17,18,19).